The molecule has 2 aliphatic heterocycles. The van der Waals surface area contributed by atoms with E-state index in [1.807, 2.05) is 32.0 Å². The van der Waals surface area contributed by atoms with Gasteiger partial charge in [0, 0.05) is 44.8 Å². The Kier molecular flexibility index (Phi) is 6.90. The number of carbonyl (C=O) groups is 1. The summed E-state index contributed by atoms with van der Waals surface area (Å²) in [4.78, 5) is 16.2. The number of hydrogen-bond acceptors (Lipinski definition) is 8. The number of benzene rings is 2. The molecule has 2 aliphatic rings. The molecular weight excluding hydrogens is 422 g/mol. The molecule has 2 aromatic rings. The first kappa shape index (κ1) is 23.5. The van der Waals surface area contributed by atoms with Gasteiger partial charge in [0.05, 0.1) is 30.6 Å². The fourth-order valence-corrected chi connectivity index (χ4v) is 4.83. The lowest BCUT2D eigenvalue weighted by Crippen LogP contribution is -2.48. The topological polar surface area (TPSA) is 108 Å². The number of methoxy groups -OCH3 is 1. The van der Waals surface area contributed by atoms with E-state index < -0.39 is 12.2 Å². The number of esters is 1. The van der Waals surface area contributed by atoms with Crippen LogP contribution in [0.3, 0.4) is 0 Å². The van der Waals surface area contributed by atoms with Crippen LogP contribution in [0, 0.1) is 13.8 Å². The quantitative estimate of drug-likeness (QED) is 0.430. The summed E-state index contributed by atoms with van der Waals surface area (Å²) in [5, 5.41) is 21.7. The number of aliphatic hydroxyl groups excluding tert-OH is 2. The van der Waals surface area contributed by atoms with E-state index in [0.717, 1.165) is 54.0 Å². The number of fused-ring (bicyclic) bond motifs is 1. The van der Waals surface area contributed by atoms with Crippen LogP contribution in [0.15, 0.2) is 24.3 Å². The Labute approximate surface area is 194 Å². The molecule has 0 aliphatic carbocycles. The lowest BCUT2D eigenvalue weighted by molar-refractivity contribution is 0.0478. The van der Waals surface area contributed by atoms with Crippen molar-refractivity contribution in [2.45, 2.75) is 32.7 Å². The summed E-state index contributed by atoms with van der Waals surface area (Å²) in [7, 11) is 1.57. The number of nitrogens with two attached hydrogens (primary N) is 1. The van der Waals surface area contributed by atoms with Crippen LogP contribution in [0.4, 0.5) is 5.69 Å². The van der Waals surface area contributed by atoms with Crippen molar-refractivity contribution in [3.8, 4) is 5.75 Å². The number of anilines is 1. The van der Waals surface area contributed by atoms with E-state index in [9.17, 15) is 15.0 Å². The number of rotatable bonds is 7. The fraction of sp³-hybridized carbons (Fsp3) is 0.480. The fourth-order valence-electron chi connectivity index (χ4n) is 4.83. The lowest BCUT2D eigenvalue weighted by Gasteiger charge is -2.36. The van der Waals surface area contributed by atoms with Gasteiger partial charge < -0.3 is 25.4 Å². The molecule has 0 spiro atoms. The second-order valence-corrected chi connectivity index (χ2v) is 8.97. The molecule has 2 aromatic carbocycles. The van der Waals surface area contributed by atoms with Crippen LogP contribution in [0.5, 0.6) is 5.75 Å². The second kappa shape index (κ2) is 9.69. The Morgan fingerprint density at radius 2 is 1.64 bits per heavy atom. The van der Waals surface area contributed by atoms with Crippen molar-refractivity contribution >= 4 is 11.7 Å². The number of carbonyl (C=O) groups excluding carboxylic acids is 1. The molecule has 1 fully saturated rings. The van der Waals surface area contributed by atoms with E-state index in [-0.39, 0.29) is 12.6 Å². The highest BCUT2D eigenvalue weighted by molar-refractivity contribution is 5.93. The van der Waals surface area contributed by atoms with Crippen LogP contribution in [0.2, 0.25) is 0 Å². The SMILES string of the molecule is COc1cc(C(O)CN2CCN(CC(O)c3ccc4c(c3C)COC4=O)CC2)c(C)cc1N. The summed E-state index contributed by atoms with van der Waals surface area (Å²) in [5.41, 5.74) is 11.6. The molecular formula is C25H33N3O5. The number of aryl methyl sites for hydroxylation is 1. The second-order valence-electron chi connectivity index (χ2n) is 8.97. The number of β-amino-alcohol motifs (C(OH)–C–C–N with tert-alkyl or cyclic N) is 2. The largest absolute Gasteiger partial charge is 0.495 e. The van der Waals surface area contributed by atoms with Crippen molar-refractivity contribution in [2.24, 2.45) is 0 Å². The Bertz CT molecular complexity index is 1030. The third-order valence-corrected chi connectivity index (χ3v) is 6.87. The van der Waals surface area contributed by atoms with Crippen LogP contribution < -0.4 is 10.5 Å². The molecule has 4 N–H and O–H groups in total. The van der Waals surface area contributed by atoms with Gasteiger partial charge in [-0.3, -0.25) is 9.80 Å². The van der Waals surface area contributed by atoms with Crippen LogP contribution in [0.25, 0.3) is 0 Å². The summed E-state index contributed by atoms with van der Waals surface area (Å²) in [6, 6.07) is 7.24. The number of ether oxygens (including phenoxy) is 2. The maximum Gasteiger partial charge on any atom is 0.338 e. The molecule has 1 saturated heterocycles. The summed E-state index contributed by atoms with van der Waals surface area (Å²) in [6.45, 7) is 8.44. The summed E-state index contributed by atoms with van der Waals surface area (Å²) in [6.07, 6.45) is -1.26. The maximum absolute atomic E-state index is 11.8. The number of cyclic esters (lactones) is 1. The molecule has 2 unspecified atom stereocenters. The van der Waals surface area contributed by atoms with Gasteiger partial charge in [-0.25, -0.2) is 4.79 Å². The van der Waals surface area contributed by atoms with Crippen LogP contribution in [-0.4, -0.2) is 72.4 Å². The molecule has 8 heteroatoms. The van der Waals surface area contributed by atoms with Crippen LogP contribution in [-0.2, 0) is 11.3 Å². The first-order valence-electron chi connectivity index (χ1n) is 11.3. The number of nitrogen functional groups attached to an aromatic ring is 1. The summed E-state index contributed by atoms with van der Waals surface area (Å²) < 4.78 is 10.4. The molecule has 8 nitrogen and oxygen atoms in total. The van der Waals surface area contributed by atoms with Crippen LogP contribution in [0.1, 0.15) is 50.4 Å². The third-order valence-electron chi connectivity index (χ3n) is 6.87. The predicted octanol–water partition coefficient (Wildman–Crippen LogP) is 1.95. The third kappa shape index (κ3) is 4.84. The molecule has 0 radical (unpaired) electrons. The Hall–Kier alpha value is -2.65. The summed E-state index contributed by atoms with van der Waals surface area (Å²) in [5.74, 6) is 0.284. The molecule has 4 rings (SSSR count). The zero-order chi connectivity index (χ0) is 23.7. The van der Waals surface area contributed by atoms with Crippen molar-refractivity contribution in [3.05, 3.63) is 57.6 Å². The van der Waals surface area contributed by atoms with Gasteiger partial charge in [-0.05, 0) is 54.3 Å². The van der Waals surface area contributed by atoms with Gasteiger partial charge in [-0.1, -0.05) is 6.07 Å². The first-order valence-corrected chi connectivity index (χ1v) is 11.3. The van der Waals surface area contributed by atoms with Gasteiger partial charge in [0.2, 0.25) is 0 Å². The minimum Gasteiger partial charge on any atom is -0.495 e. The minimum absolute atomic E-state index is 0.279. The van der Waals surface area contributed by atoms with Crippen molar-refractivity contribution in [2.75, 3.05) is 52.1 Å². The van der Waals surface area contributed by atoms with Crippen molar-refractivity contribution in [1.82, 2.24) is 9.80 Å². The minimum atomic E-state index is -0.631. The molecule has 0 saturated carbocycles. The van der Waals surface area contributed by atoms with Gasteiger partial charge in [0.15, 0.2) is 0 Å². The average Bonchev–Trinajstić information content (AvgIpc) is 3.17. The van der Waals surface area contributed by atoms with E-state index in [2.05, 4.69) is 9.80 Å². The van der Waals surface area contributed by atoms with Gasteiger partial charge >= 0.3 is 5.97 Å². The lowest BCUT2D eigenvalue weighted by atomic mass is 9.95. The van der Waals surface area contributed by atoms with E-state index in [1.54, 1.807) is 13.2 Å². The van der Waals surface area contributed by atoms with E-state index >= 15 is 0 Å². The molecule has 33 heavy (non-hydrogen) atoms. The standard InChI is InChI=1S/C25H33N3O5/c1-15-10-21(26)24(32-3)11-19(15)23(30)13-28-8-6-27(7-9-28)12-22(29)17-4-5-18-20(16(17)2)14-33-25(18)31/h4-5,10-11,22-23,29-30H,6-9,12-14,26H2,1-3H3. The molecule has 0 amide bonds. The smallest absolute Gasteiger partial charge is 0.338 e. The monoisotopic (exact) mass is 455 g/mol. The Morgan fingerprint density at radius 3 is 2.24 bits per heavy atom. The normalized spacial score (nSPS) is 18.6. The number of aliphatic hydroxyl groups is 2. The first-order chi connectivity index (χ1) is 15.8. The Morgan fingerprint density at radius 1 is 1.03 bits per heavy atom. The van der Waals surface area contributed by atoms with Crippen LogP contribution >= 0.6 is 0 Å². The van der Waals surface area contributed by atoms with E-state index in [1.165, 1.54) is 0 Å². The zero-order valence-electron chi connectivity index (χ0n) is 19.5. The average molecular weight is 456 g/mol. The predicted molar refractivity (Wildman–Crippen MR) is 125 cm³/mol. The highest BCUT2D eigenvalue weighted by Gasteiger charge is 2.27. The van der Waals surface area contributed by atoms with Crippen molar-refractivity contribution in [3.63, 3.8) is 0 Å². The van der Waals surface area contributed by atoms with Gasteiger partial charge in [0.1, 0.15) is 12.4 Å². The summed E-state index contributed by atoms with van der Waals surface area (Å²) >= 11 is 0. The van der Waals surface area contributed by atoms with Gasteiger partial charge in [-0.2, -0.15) is 0 Å². The zero-order valence-corrected chi connectivity index (χ0v) is 19.5. The maximum atomic E-state index is 11.8. The molecule has 2 atom stereocenters. The van der Waals surface area contributed by atoms with Gasteiger partial charge in [0.25, 0.3) is 0 Å². The number of piperazine rings is 1. The van der Waals surface area contributed by atoms with Crippen molar-refractivity contribution < 1.29 is 24.5 Å². The molecule has 0 bridgehead atoms. The van der Waals surface area contributed by atoms with Crippen molar-refractivity contribution in [1.29, 1.82) is 0 Å². The van der Waals surface area contributed by atoms with E-state index in [4.69, 9.17) is 15.2 Å². The highest BCUT2D eigenvalue weighted by Crippen LogP contribution is 2.31. The highest BCUT2D eigenvalue weighted by atomic mass is 16.5. The molecule has 0 aromatic heterocycles. The van der Waals surface area contributed by atoms with Gasteiger partial charge in [-0.15, -0.1) is 0 Å². The molecule has 2 heterocycles. The van der Waals surface area contributed by atoms with E-state index in [0.29, 0.717) is 30.1 Å². The number of hydrogen-bond donors (Lipinski definition) is 3. The molecule has 178 valence electrons. The Balaban J connectivity index is 1.32. The number of nitrogens with zero attached hydrogens (tertiary/aromatic N) is 2.